The summed E-state index contributed by atoms with van der Waals surface area (Å²) >= 11 is 0. The highest BCUT2D eigenvalue weighted by Crippen LogP contribution is 2.23. The Balaban J connectivity index is 1.53. The van der Waals surface area contributed by atoms with Crippen LogP contribution in [-0.2, 0) is 16.1 Å². The van der Waals surface area contributed by atoms with Gasteiger partial charge in [0.15, 0.2) is 12.3 Å². The zero-order valence-electron chi connectivity index (χ0n) is 18.1. The van der Waals surface area contributed by atoms with Crippen molar-refractivity contribution in [1.29, 1.82) is 0 Å². The Bertz CT molecular complexity index is 1170. The molecular weight excluding hydrogens is 406 g/mol. The minimum Gasteiger partial charge on any atom is -0.451 e. The molecule has 1 heterocycles. The van der Waals surface area contributed by atoms with Gasteiger partial charge in [-0.1, -0.05) is 68.3 Å². The third-order valence-electron chi connectivity index (χ3n) is 6.03. The molecule has 7 heteroatoms. The van der Waals surface area contributed by atoms with E-state index in [1.807, 2.05) is 30.3 Å². The maximum Gasteiger partial charge on any atom is 0.359 e. The molecular formula is C25H27N3O4. The molecule has 32 heavy (non-hydrogen) atoms. The van der Waals surface area contributed by atoms with Crippen LogP contribution < -0.4 is 10.9 Å². The lowest BCUT2D eigenvalue weighted by Gasteiger charge is -2.29. The predicted octanol–water partition coefficient (Wildman–Crippen LogP) is 3.30. The van der Waals surface area contributed by atoms with E-state index >= 15 is 0 Å². The quantitative estimate of drug-likeness (QED) is 0.603. The molecule has 2 aromatic carbocycles. The van der Waals surface area contributed by atoms with Gasteiger partial charge in [0.2, 0.25) is 0 Å². The summed E-state index contributed by atoms with van der Waals surface area (Å²) in [6.45, 7) is 1.98. The number of carbonyl (C=O) groups is 2. The van der Waals surface area contributed by atoms with Crippen LogP contribution in [0.1, 0.15) is 48.7 Å². The molecule has 1 amide bonds. The molecule has 1 N–H and O–H groups in total. The number of fused-ring (bicyclic) bond motifs is 1. The van der Waals surface area contributed by atoms with Crippen molar-refractivity contribution in [2.45, 2.75) is 45.2 Å². The Morgan fingerprint density at radius 1 is 1.03 bits per heavy atom. The number of nitrogens with one attached hydrogen (secondary N) is 1. The van der Waals surface area contributed by atoms with Gasteiger partial charge in [0.25, 0.3) is 11.5 Å². The standard InChI is InChI=1S/C25H27N3O4/c1-17-9-5-8-14-21(17)26-22(29)16-32-25(31)23-19-12-6-7-13-20(19)24(30)28(27-23)15-18-10-3-2-4-11-18/h2-4,6-7,10-13,17,21H,5,8-9,14-16H2,1H3,(H,26,29). The first-order chi connectivity index (χ1) is 15.5. The molecule has 166 valence electrons. The van der Waals surface area contributed by atoms with Gasteiger partial charge in [-0.05, 0) is 30.4 Å². The first-order valence-corrected chi connectivity index (χ1v) is 11.0. The number of benzene rings is 2. The third-order valence-corrected chi connectivity index (χ3v) is 6.03. The van der Waals surface area contributed by atoms with Crippen LogP contribution in [-0.4, -0.2) is 34.3 Å². The molecule has 1 fully saturated rings. The molecule has 4 rings (SSSR count). The molecule has 1 saturated carbocycles. The zero-order chi connectivity index (χ0) is 22.5. The van der Waals surface area contributed by atoms with Crippen LogP contribution in [0.3, 0.4) is 0 Å². The summed E-state index contributed by atoms with van der Waals surface area (Å²) in [6, 6.07) is 16.3. The molecule has 2 unspecified atom stereocenters. The minimum absolute atomic E-state index is 0.0231. The number of esters is 1. The monoisotopic (exact) mass is 433 g/mol. The van der Waals surface area contributed by atoms with Crippen LogP contribution in [0.25, 0.3) is 10.8 Å². The summed E-state index contributed by atoms with van der Waals surface area (Å²) in [5.41, 5.74) is 0.623. The van der Waals surface area contributed by atoms with Crippen molar-refractivity contribution in [2.24, 2.45) is 5.92 Å². The van der Waals surface area contributed by atoms with E-state index in [1.165, 1.54) is 11.1 Å². The largest absolute Gasteiger partial charge is 0.451 e. The van der Waals surface area contributed by atoms with Gasteiger partial charge < -0.3 is 10.1 Å². The normalized spacial score (nSPS) is 18.3. The van der Waals surface area contributed by atoms with Gasteiger partial charge in [-0.2, -0.15) is 5.10 Å². The third kappa shape index (κ3) is 4.88. The highest BCUT2D eigenvalue weighted by atomic mass is 16.5. The fourth-order valence-electron chi connectivity index (χ4n) is 4.23. The van der Waals surface area contributed by atoms with Gasteiger partial charge in [0.1, 0.15) is 0 Å². The number of aromatic nitrogens is 2. The van der Waals surface area contributed by atoms with E-state index in [2.05, 4.69) is 17.3 Å². The Morgan fingerprint density at radius 2 is 1.72 bits per heavy atom. The number of hydrogen-bond acceptors (Lipinski definition) is 5. The smallest absolute Gasteiger partial charge is 0.359 e. The molecule has 0 spiro atoms. The van der Waals surface area contributed by atoms with Crippen LogP contribution in [0.5, 0.6) is 0 Å². The summed E-state index contributed by atoms with van der Waals surface area (Å²) in [5, 5.41) is 8.06. The molecule has 3 aromatic rings. The molecule has 0 aliphatic heterocycles. The van der Waals surface area contributed by atoms with Crippen LogP contribution >= 0.6 is 0 Å². The second kappa shape index (κ2) is 9.77. The average molecular weight is 434 g/mol. The zero-order valence-corrected chi connectivity index (χ0v) is 18.1. The second-order valence-corrected chi connectivity index (χ2v) is 8.35. The van der Waals surface area contributed by atoms with Crippen molar-refractivity contribution in [3.05, 3.63) is 76.2 Å². The van der Waals surface area contributed by atoms with Gasteiger partial charge >= 0.3 is 5.97 Å². The molecule has 2 atom stereocenters. The van der Waals surface area contributed by atoms with E-state index in [0.29, 0.717) is 16.7 Å². The first-order valence-electron chi connectivity index (χ1n) is 11.0. The fourth-order valence-corrected chi connectivity index (χ4v) is 4.23. The van der Waals surface area contributed by atoms with E-state index in [-0.39, 0.29) is 36.4 Å². The summed E-state index contributed by atoms with van der Waals surface area (Å²) in [5.74, 6) is -0.635. The lowest BCUT2D eigenvalue weighted by molar-refractivity contribution is -0.125. The van der Waals surface area contributed by atoms with Crippen LogP contribution in [0.15, 0.2) is 59.4 Å². The number of amides is 1. The van der Waals surface area contributed by atoms with Gasteiger partial charge in [0, 0.05) is 11.4 Å². The SMILES string of the molecule is CC1CCCCC1NC(=O)COC(=O)c1nn(Cc2ccccc2)c(=O)c2ccccc12. The summed E-state index contributed by atoms with van der Waals surface area (Å²) in [4.78, 5) is 38.1. The Labute approximate surface area is 186 Å². The van der Waals surface area contributed by atoms with Crippen LogP contribution in [0, 0.1) is 5.92 Å². The van der Waals surface area contributed by atoms with Crippen LogP contribution in [0.2, 0.25) is 0 Å². The Kier molecular flexibility index (Phi) is 6.63. The minimum atomic E-state index is -0.727. The van der Waals surface area contributed by atoms with Crippen LogP contribution in [0.4, 0.5) is 0 Å². The molecule has 0 radical (unpaired) electrons. The van der Waals surface area contributed by atoms with Gasteiger partial charge in [-0.3, -0.25) is 9.59 Å². The van der Waals surface area contributed by atoms with E-state index < -0.39 is 5.97 Å². The lowest BCUT2D eigenvalue weighted by Crippen LogP contribution is -2.43. The average Bonchev–Trinajstić information content (AvgIpc) is 2.81. The fraction of sp³-hybridized carbons (Fsp3) is 0.360. The van der Waals surface area contributed by atoms with E-state index in [9.17, 15) is 14.4 Å². The van der Waals surface area contributed by atoms with E-state index in [4.69, 9.17) is 4.74 Å². The molecule has 1 aliphatic carbocycles. The van der Waals surface area contributed by atoms with Crippen molar-refractivity contribution >= 4 is 22.6 Å². The van der Waals surface area contributed by atoms with E-state index in [1.54, 1.807) is 24.3 Å². The molecule has 1 aromatic heterocycles. The van der Waals surface area contributed by atoms with Gasteiger partial charge in [-0.25, -0.2) is 9.48 Å². The van der Waals surface area contributed by atoms with Crippen molar-refractivity contribution < 1.29 is 14.3 Å². The maximum atomic E-state index is 12.9. The second-order valence-electron chi connectivity index (χ2n) is 8.35. The van der Waals surface area contributed by atoms with Gasteiger partial charge in [0.05, 0.1) is 11.9 Å². The van der Waals surface area contributed by atoms with Crippen molar-refractivity contribution in [1.82, 2.24) is 15.1 Å². The van der Waals surface area contributed by atoms with Crippen molar-refractivity contribution in [3.63, 3.8) is 0 Å². The Morgan fingerprint density at radius 3 is 2.47 bits per heavy atom. The number of hydrogen-bond donors (Lipinski definition) is 1. The number of ether oxygens (including phenoxy) is 1. The maximum absolute atomic E-state index is 12.9. The highest BCUT2D eigenvalue weighted by Gasteiger charge is 2.24. The van der Waals surface area contributed by atoms with E-state index in [0.717, 1.165) is 24.8 Å². The van der Waals surface area contributed by atoms with Crippen molar-refractivity contribution in [2.75, 3.05) is 6.61 Å². The highest BCUT2D eigenvalue weighted by molar-refractivity contribution is 6.02. The number of nitrogens with zero attached hydrogens (tertiary/aromatic N) is 2. The lowest BCUT2D eigenvalue weighted by atomic mass is 9.86. The number of rotatable bonds is 6. The Hall–Kier alpha value is -3.48. The topological polar surface area (TPSA) is 90.3 Å². The molecule has 1 aliphatic rings. The summed E-state index contributed by atoms with van der Waals surface area (Å²) in [6.07, 6.45) is 4.30. The predicted molar refractivity (Wildman–Crippen MR) is 121 cm³/mol. The summed E-state index contributed by atoms with van der Waals surface area (Å²) < 4.78 is 6.55. The molecule has 0 saturated heterocycles. The molecule has 7 nitrogen and oxygen atoms in total. The number of carbonyl (C=O) groups excluding carboxylic acids is 2. The van der Waals surface area contributed by atoms with Gasteiger partial charge in [-0.15, -0.1) is 0 Å². The first kappa shape index (κ1) is 21.7. The molecule has 0 bridgehead atoms. The van der Waals surface area contributed by atoms with Crippen molar-refractivity contribution in [3.8, 4) is 0 Å². The summed E-state index contributed by atoms with van der Waals surface area (Å²) in [7, 11) is 0.